The molecule has 16 heavy (non-hydrogen) atoms. The number of hydrogen-bond donors (Lipinski definition) is 1. The van der Waals surface area contributed by atoms with Gasteiger partial charge in [0.25, 0.3) is 0 Å². The molecule has 1 saturated heterocycles. The third-order valence-electron chi connectivity index (χ3n) is 3.15. The second-order valence-corrected chi connectivity index (χ2v) is 4.36. The predicted octanol–water partition coefficient (Wildman–Crippen LogP) is 1.40. The molecule has 1 aliphatic heterocycles. The fraction of sp³-hybridized carbons (Fsp3) is 0.462. The van der Waals surface area contributed by atoms with Crippen LogP contribution >= 0.6 is 0 Å². The summed E-state index contributed by atoms with van der Waals surface area (Å²) in [4.78, 5) is 11.2. The van der Waals surface area contributed by atoms with Gasteiger partial charge in [0.05, 0.1) is 18.6 Å². The molecule has 0 spiro atoms. The van der Waals surface area contributed by atoms with E-state index in [-0.39, 0.29) is 11.9 Å². The highest BCUT2D eigenvalue weighted by molar-refractivity contribution is 5.73. The molecule has 1 heterocycles. The zero-order chi connectivity index (χ0) is 11.5. The largest absolute Gasteiger partial charge is 0.465 e. The number of rotatable bonds is 2. The van der Waals surface area contributed by atoms with Crippen molar-refractivity contribution in [2.45, 2.75) is 19.4 Å². The molecule has 1 fully saturated rings. The molecule has 0 saturated carbocycles. The first-order chi connectivity index (χ1) is 7.68. The van der Waals surface area contributed by atoms with E-state index in [1.165, 1.54) is 0 Å². The Balaban J connectivity index is 2.03. The highest BCUT2D eigenvalue weighted by atomic mass is 16.5. The molecule has 3 nitrogen and oxygen atoms in total. The zero-order valence-corrected chi connectivity index (χ0v) is 9.30. The molecule has 1 aromatic rings. The fourth-order valence-corrected chi connectivity index (χ4v) is 2.06. The van der Waals surface area contributed by atoms with Gasteiger partial charge in [0.15, 0.2) is 0 Å². The first-order valence-electron chi connectivity index (χ1n) is 5.57. The molecule has 2 rings (SSSR count). The van der Waals surface area contributed by atoms with Gasteiger partial charge in [-0.05, 0) is 18.9 Å². The summed E-state index contributed by atoms with van der Waals surface area (Å²) in [5, 5.41) is 9.97. The molecule has 1 aliphatic rings. The van der Waals surface area contributed by atoms with Gasteiger partial charge in [-0.1, -0.05) is 30.3 Å². The minimum Gasteiger partial charge on any atom is -0.465 e. The number of esters is 1. The zero-order valence-electron chi connectivity index (χ0n) is 9.30. The number of carbonyl (C=O) groups is 1. The van der Waals surface area contributed by atoms with Crippen LogP contribution < -0.4 is 0 Å². The van der Waals surface area contributed by atoms with E-state index in [2.05, 4.69) is 0 Å². The van der Waals surface area contributed by atoms with Crippen molar-refractivity contribution in [1.82, 2.24) is 0 Å². The average Bonchev–Trinajstić information content (AvgIpc) is 2.31. The van der Waals surface area contributed by atoms with Gasteiger partial charge in [-0.15, -0.1) is 0 Å². The van der Waals surface area contributed by atoms with Crippen LogP contribution in [0.2, 0.25) is 0 Å². The minimum absolute atomic E-state index is 0.00935. The molecule has 0 amide bonds. The van der Waals surface area contributed by atoms with E-state index >= 15 is 0 Å². The van der Waals surface area contributed by atoms with Crippen LogP contribution in [0.3, 0.4) is 0 Å². The van der Waals surface area contributed by atoms with Crippen molar-refractivity contribution in [2.24, 2.45) is 11.8 Å². The first kappa shape index (κ1) is 11.1. The standard InChI is InChI=1S/C13H16O3/c1-9-12(14)11(8-16-13(9)15)7-10-5-3-2-4-6-10/h2-6,9,11-12,14H,7-8H2,1H3/t9-,11-,12-/m1/s1. The fourth-order valence-electron chi connectivity index (χ4n) is 2.06. The molecule has 3 atom stereocenters. The van der Waals surface area contributed by atoms with Crippen LogP contribution in [0.15, 0.2) is 30.3 Å². The summed E-state index contributed by atoms with van der Waals surface area (Å²) in [5.41, 5.74) is 1.16. The Hall–Kier alpha value is -1.35. The maximum Gasteiger partial charge on any atom is 0.311 e. The lowest BCUT2D eigenvalue weighted by Gasteiger charge is -2.31. The summed E-state index contributed by atoms with van der Waals surface area (Å²) in [6.45, 7) is 2.03. The maximum absolute atomic E-state index is 11.2. The van der Waals surface area contributed by atoms with Gasteiger partial charge < -0.3 is 9.84 Å². The summed E-state index contributed by atoms with van der Waals surface area (Å²) in [6.07, 6.45) is 0.154. The van der Waals surface area contributed by atoms with Gasteiger partial charge in [0, 0.05) is 5.92 Å². The van der Waals surface area contributed by atoms with Gasteiger partial charge in [0.2, 0.25) is 0 Å². The SMILES string of the molecule is C[C@H]1C(=O)OC[C@@H](Cc2ccccc2)[C@@H]1O. The van der Waals surface area contributed by atoms with Crippen LogP contribution in [0.1, 0.15) is 12.5 Å². The van der Waals surface area contributed by atoms with Crippen molar-refractivity contribution in [3.63, 3.8) is 0 Å². The van der Waals surface area contributed by atoms with Crippen LogP contribution in [-0.4, -0.2) is 23.8 Å². The van der Waals surface area contributed by atoms with Gasteiger partial charge in [-0.25, -0.2) is 0 Å². The second-order valence-electron chi connectivity index (χ2n) is 4.36. The summed E-state index contributed by atoms with van der Waals surface area (Å²) in [5.74, 6) is -0.700. The van der Waals surface area contributed by atoms with Crippen molar-refractivity contribution in [1.29, 1.82) is 0 Å². The van der Waals surface area contributed by atoms with Gasteiger partial charge >= 0.3 is 5.97 Å². The molecule has 0 aliphatic carbocycles. The second kappa shape index (κ2) is 4.66. The lowest BCUT2D eigenvalue weighted by Crippen LogP contribution is -2.42. The summed E-state index contributed by atoms with van der Waals surface area (Å²) >= 11 is 0. The van der Waals surface area contributed by atoms with Crippen LogP contribution in [0.4, 0.5) is 0 Å². The number of cyclic esters (lactones) is 1. The number of aliphatic hydroxyl groups is 1. The molecule has 3 heteroatoms. The molecule has 0 radical (unpaired) electrons. The van der Waals surface area contributed by atoms with Crippen molar-refractivity contribution in [3.05, 3.63) is 35.9 Å². The Bertz CT molecular complexity index is 361. The number of ether oxygens (including phenoxy) is 1. The Morgan fingerprint density at radius 1 is 1.38 bits per heavy atom. The molecular weight excluding hydrogens is 204 g/mol. The third-order valence-corrected chi connectivity index (χ3v) is 3.15. The highest BCUT2D eigenvalue weighted by Crippen LogP contribution is 2.24. The Labute approximate surface area is 95.0 Å². The van der Waals surface area contributed by atoms with Crippen molar-refractivity contribution in [3.8, 4) is 0 Å². The minimum atomic E-state index is -0.596. The summed E-state index contributed by atoms with van der Waals surface area (Å²) in [7, 11) is 0. The van der Waals surface area contributed by atoms with E-state index < -0.39 is 12.0 Å². The maximum atomic E-state index is 11.2. The Morgan fingerprint density at radius 3 is 2.75 bits per heavy atom. The van der Waals surface area contributed by atoms with Crippen molar-refractivity contribution < 1.29 is 14.6 Å². The van der Waals surface area contributed by atoms with Gasteiger partial charge in [0.1, 0.15) is 0 Å². The number of hydrogen-bond acceptors (Lipinski definition) is 3. The van der Waals surface area contributed by atoms with E-state index in [4.69, 9.17) is 4.74 Å². The number of aliphatic hydroxyl groups excluding tert-OH is 1. The van der Waals surface area contributed by atoms with E-state index in [0.29, 0.717) is 6.61 Å². The molecule has 0 unspecified atom stereocenters. The summed E-state index contributed by atoms with van der Waals surface area (Å²) in [6, 6.07) is 9.95. The molecule has 0 aromatic heterocycles. The van der Waals surface area contributed by atoms with E-state index in [0.717, 1.165) is 12.0 Å². The smallest absolute Gasteiger partial charge is 0.311 e. The number of carbonyl (C=O) groups excluding carboxylic acids is 1. The molecule has 0 bridgehead atoms. The normalized spacial score (nSPS) is 29.9. The van der Waals surface area contributed by atoms with Gasteiger partial charge in [-0.2, -0.15) is 0 Å². The average molecular weight is 220 g/mol. The van der Waals surface area contributed by atoms with Crippen LogP contribution in [-0.2, 0) is 16.0 Å². The lowest BCUT2D eigenvalue weighted by atomic mass is 9.86. The number of benzene rings is 1. The lowest BCUT2D eigenvalue weighted by molar-refractivity contribution is -0.165. The summed E-state index contributed by atoms with van der Waals surface area (Å²) < 4.78 is 5.05. The molecular formula is C13H16O3. The molecule has 1 N–H and O–H groups in total. The Kier molecular flexibility index (Phi) is 3.25. The Morgan fingerprint density at radius 2 is 2.06 bits per heavy atom. The van der Waals surface area contributed by atoms with Crippen molar-refractivity contribution >= 4 is 5.97 Å². The van der Waals surface area contributed by atoms with Crippen LogP contribution in [0.25, 0.3) is 0 Å². The van der Waals surface area contributed by atoms with Crippen LogP contribution in [0, 0.1) is 11.8 Å². The highest BCUT2D eigenvalue weighted by Gasteiger charge is 2.35. The topological polar surface area (TPSA) is 46.5 Å². The van der Waals surface area contributed by atoms with E-state index in [1.54, 1.807) is 6.92 Å². The van der Waals surface area contributed by atoms with Gasteiger partial charge in [-0.3, -0.25) is 4.79 Å². The third kappa shape index (κ3) is 2.25. The quantitative estimate of drug-likeness (QED) is 0.766. The van der Waals surface area contributed by atoms with E-state index in [9.17, 15) is 9.90 Å². The first-order valence-corrected chi connectivity index (χ1v) is 5.57. The monoisotopic (exact) mass is 220 g/mol. The van der Waals surface area contributed by atoms with Crippen molar-refractivity contribution in [2.75, 3.05) is 6.61 Å². The van der Waals surface area contributed by atoms with Crippen LogP contribution in [0.5, 0.6) is 0 Å². The molecule has 86 valence electrons. The predicted molar refractivity (Wildman–Crippen MR) is 59.8 cm³/mol. The molecule has 1 aromatic carbocycles. The van der Waals surface area contributed by atoms with E-state index in [1.807, 2.05) is 30.3 Å².